The molecule has 0 atom stereocenters. The fourth-order valence-corrected chi connectivity index (χ4v) is 2.95. The van der Waals surface area contributed by atoms with Crippen LogP contribution in [0.15, 0.2) is 58.9 Å². The minimum atomic E-state index is -1.23. The number of methoxy groups -OCH3 is 2. The van der Waals surface area contributed by atoms with E-state index >= 15 is 0 Å². The highest BCUT2D eigenvalue weighted by Gasteiger charge is 2.42. The molecule has 0 saturated carbocycles. The van der Waals surface area contributed by atoms with Crippen LogP contribution in [-0.4, -0.2) is 38.7 Å². The topological polar surface area (TPSA) is 90.9 Å². The van der Waals surface area contributed by atoms with Crippen molar-refractivity contribution in [3.63, 3.8) is 0 Å². The summed E-state index contributed by atoms with van der Waals surface area (Å²) in [4.78, 5) is 37.3. The van der Waals surface area contributed by atoms with E-state index in [0.29, 0.717) is 11.4 Å². The summed E-state index contributed by atoms with van der Waals surface area (Å²) >= 11 is 0. The monoisotopic (exact) mass is 385 g/mol. The van der Waals surface area contributed by atoms with Gasteiger partial charge in [-0.3, -0.25) is 4.79 Å². The average molecular weight is 385 g/mol. The molecular weight excluding hydrogens is 362 g/mol. The number of benzene rings is 1. The van der Waals surface area contributed by atoms with Gasteiger partial charge in [0.15, 0.2) is 0 Å². The standard InChI is InChI=1S/C21H23NO6/c1-13-16(19(23)26-3)18(17(14(2)22-13)20(24)27-4)21(25)28-12-8-11-15-9-6-5-7-10-15/h5-11,18,22H,12H2,1-4H3/b11-8+. The molecular formula is C21H23NO6. The van der Waals surface area contributed by atoms with Crippen molar-refractivity contribution >= 4 is 24.0 Å². The maximum absolute atomic E-state index is 12.8. The second-order valence-corrected chi connectivity index (χ2v) is 6.06. The van der Waals surface area contributed by atoms with E-state index in [2.05, 4.69) is 5.32 Å². The Balaban J connectivity index is 2.25. The van der Waals surface area contributed by atoms with Gasteiger partial charge in [-0.1, -0.05) is 36.4 Å². The summed E-state index contributed by atoms with van der Waals surface area (Å²) in [5.74, 6) is -3.41. The molecule has 0 aliphatic carbocycles. The smallest absolute Gasteiger partial charge is 0.336 e. The van der Waals surface area contributed by atoms with E-state index in [0.717, 1.165) is 5.56 Å². The van der Waals surface area contributed by atoms with Gasteiger partial charge in [-0.15, -0.1) is 0 Å². The van der Waals surface area contributed by atoms with E-state index in [1.807, 2.05) is 30.3 Å². The molecule has 148 valence electrons. The molecule has 0 bridgehead atoms. The Morgan fingerprint density at radius 3 is 2.00 bits per heavy atom. The van der Waals surface area contributed by atoms with Crippen molar-refractivity contribution in [2.45, 2.75) is 13.8 Å². The number of carbonyl (C=O) groups excluding carboxylic acids is 3. The molecule has 0 amide bonds. The van der Waals surface area contributed by atoms with Gasteiger partial charge in [-0.2, -0.15) is 0 Å². The van der Waals surface area contributed by atoms with Gasteiger partial charge in [-0.25, -0.2) is 9.59 Å². The zero-order valence-electron chi connectivity index (χ0n) is 16.3. The molecule has 1 aromatic carbocycles. The van der Waals surface area contributed by atoms with Crippen molar-refractivity contribution < 1.29 is 28.6 Å². The molecule has 1 heterocycles. The Hall–Kier alpha value is -3.35. The first kappa shape index (κ1) is 21.0. The van der Waals surface area contributed by atoms with Crippen LogP contribution in [0.3, 0.4) is 0 Å². The zero-order valence-corrected chi connectivity index (χ0v) is 16.3. The number of dihydropyridines is 1. The Morgan fingerprint density at radius 1 is 0.964 bits per heavy atom. The summed E-state index contributed by atoms with van der Waals surface area (Å²) in [5.41, 5.74) is 1.83. The third-order valence-electron chi connectivity index (χ3n) is 4.24. The third kappa shape index (κ3) is 4.68. The fraction of sp³-hybridized carbons (Fsp3) is 0.286. The highest BCUT2D eigenvalue weighted by Crippen LogP contribution is 2.32. The molecule has 1 N–H and O–H groups in total. The first-order chi connectivity index (χ1) is 13.4. The predicted octanol–water partition coefficient (Wildman–Crippen LogP) is 2.36. The number of esters is 3. The number of ether oxygens (including phenoxy) is 3. The van der Waals surface area contributed by atoms with Gasteiger partial charge < -0.3 is 19.5 Å². The van der Waals surface area contributed by atoms with Crippen LogP contribution in [0.4, 0.5) is 0 Å². The molecule has 7 heteroatoms. The summed E-state index contributed by atoms with van der Waals surface area (Å²) in [5, 5.41) is 2.92. The quantitative estimate of drug-likeness (QED) is 0.594. The van der Waals surface area contributed by atoms with Crippen LogP contribution in [0.25, 0.3) is 6.08 Å². The number of nitrogens with one attached hydrogen (secondary N) is 1. The Morgan fingerprint density at radius 2 is 1.50 bits per heavy atom. The molecule has 0 radical (unpaired) electrons. The Labute approximate surface area is 163 Å². The second kappa shape index (κ2) is 9.55. The van der Waals surface area contributed by atoms with Crippen molar-refractivity contribution in [1.29, 1.82) is 0 Å². The van der Waals surface area contributed by atoms with Gasteiger partial charge >= 0.3 is 17.9 Å². The van der Waals surface area contributed by atoms with Crippen molar-refractivity contribution in [1.82, 2.24) is 5.32 Å². The van der Waals surface area contributed by atoms with Crippen LogP contribution in [-0.2, 0) is 28.6 Å². The second-order valence-electron chi connectivity index (χ2n) is 6.06. The van der Waals surface area contributed by atoms with Crippen LogP contribution in [0, 0.1) is 5.92 Å². The highest BCUT2D eigenvalue weighted by atomic mass is 16.5. The normalized spacial score (nSPS) is 14.7. The van der Waals surface area contributed by atoms with E-state index in [1.54, 1.807) is 26.0 Å². The van der Waals surface area contributed by atoms with Crippen molar-refractivity contribution in [2.24, 2.45) is 5.92 Å². The van der Waals surface area contributed by atoms with E-state index in [4.69, 9.17) is 14.2 Å². The summed E-state index contributed by atoms with van der Waals surface area (Å²) in [7, 11) is 2.41. The van der Waals surface area contributed by atoms with E-state index in [-0.39, 0.29) is 17.8 Å². The largest absolute Gasteiger partial charge is 0.466 e. The van der Waals surface area contributed by atoms with Crippen LogP contribution in [0.2, 0.25) is 0 Å². The molecule has 0 spiro atoms. The van der Waals surface area contributed by atoms with Gasteiger partial charge in [0.1, 0.15) is 12.5 Å². The molecule has 1 aliphatic rings. The summed E-state index contributed by atoms with van der Waals surface area (Å²) in [6.45, 7) is 3.23. The fourth-order valence-electron chi connectivity index (χ4n) is 2.95. The lowest BCUT2D eigenvalue weighted by atomic mass is 9.85. The van der Waals surface area contributed by atoms with Crippen molar-refractivity contribution in [3.05, 3.63) is 64.5 Å². The number of hydrogen-bond acceptors (Lipinski definition) is 7. The Bertz CT molecular complexity index is 813. The van der Waals surface area contributed by atoms with Crippen LogP contribution in [0.1, 0.15) is 19.4 Å². The minimum absolute atomic E-state index is 0.0152. The lowest BCUT2D eigenvalue weighted by Gasteiger charge is -2.28. The van der Waals surface area contributed by atoms with Crippen LogP contribution >= 0.6 is 0 Å². The van der Waals surface area contributed by atoms with Gasteiger partial charge in [-0.05, 0) is 25.5 Å². The maximum atomic E-state index is 12.8. The molecule has 1 aromatic rings. The lowest BCUT2D eigenvalue weighted by Crippen LogP contribution is -2.38. The summed E-state index contributed by atoms with van der Waals surface area (Å²) in [6.07, 6.45) is 3.48. The number of hydrogen-bond donors (Lipinski definition) is 1. The molecule has 0 unspecified atom stereocenters. The molecule has 0 aromatic heterocycles. The molecule has 0 saturated heterocycles. The molecule has 28 heavy (non-hydrogen) atoms. The molecule has 1 aliphatic heterocycles. The van der Waals surface area contributed by atoms with Gasteiger partial charge in [0, 0.05) is 11.4 Å². The van der Waals surface area contributed by atoms with E-state index in [9.17, 15) is 14.4 Å². The van der Waals surface area contributed by atoms with Crippen molar-refractivity contribution in [2.75, 3.05) is 20.8 Å². The number of allylic oxidation sites excluding steroid dienone is 2. The molecule has 0 fully saturated rings. The van der Waals surface area contributed by atoms with Gasteiger partial charge in [0.2, 0.25) is 0 Å². The first-order valence-electron chi connectivity index (χ1n) is 8.64. The minimum Gasteiger partial charge on any atom is -0.466 e. The summed E-state index contributed by atoms with van der Waals surface area (Å²) in [6, 6.07) is 9.52. The van der Waals surface area contributed by atoms with Gasteiger partial charge in [0.25, 0.3) is 0 Å². The van der Waals surface area contributed by atoms with Crippen LogP contribution < -0.4 is 5.32 Å². The molecule has 7 nitrogen and oxygen atoms in total. The highest BCUT2D eigenvalue weighted by molar-refractivity contribution is 6.05. The van der Waals surface area contributed by atoms with Crippen molar-refractivity contribution in [3.8, 4) is 0 Å². The number of rotatable bonds is 6. The number of carbonyl (C=O) groups is 3. The third-order valence-corrected chi connectivity index (χ3v) is 4.24. The first-order valence-corrected chi connectivity index (χ1v) is 8.64. The van der Waals surface area contributed by atoms with E-state index < -0.39 is 23.8 Å². The van der Waals surface area contributed by atoms with Gasteiger partial charge in [0.05, 0.1) is 25.4 Å². The Kier molecular flexibility index (Phi) is 7.14. The van der Waals surface area contributed by atoms with E-state index in [1.165, 1.54) is 14.2 Å². The SMILES string of the molecule is COC(=O)C1=C(C)NC(C)=C(C(=O)OC)C1C(=O)OC/C=C/c1ccccc1. The maximum Gasteiger partial charge on any atom is 0.336 e. The summed E-state index contributed by atoms with van der Waals surface area (Å²) < 4.78 is 14.9. The average Bonchev–Trinajstić information content (AvgIpc) is 2.70. The zero-order chi connectivity index (χ0) is 20.7. The lowest BCUT2D eigenvalue weighted by molar-refractivity contribution is -0.150. The molecule has 2 rings (SSSR count). The predicted molar refractivity (Wildman–Crippen MR) is 102 cm³/mol. The van der Waals surface area contributed by atoms with Crippen LogP contribution in [0.5, 0.6) is 0 Å².